The van der Waals surface area contributed by atoms with Crippen molar-refractivity contribution in [3.8, 4) is 11.5 Å². The number of carbonyl (C=O) groups is 1. The molecular formula is C20H20N4O3S2. The van der Waals surface area contributed by atoms with Crippen LogP contribution in [-0.4, -0.2) is 43.2 Å². The van der Waals surface area contributed by atoms with Gasteiger partial charge in [0.2, 0.25) is 5.91 Å². The Morgan fingerprint density at radius 1 is 1.17 bits per heavy atom. The lowest BCUT2D eigenvalue weighted by Crippen LogP contribution is -2.29. The molecule has 0 atom stereocenters. The second kappa shape index (κ2) is 8.22. The highest BCUT2D eigenvalue weighted by Gasteiger charge is 2.15. The fourth-order valence-corrected chi connectivity index (χ4v) is 4.75. The van der Waals surface area contributed by atoms with Crippen molar-refractivity contribution >= 4 is 59.3 Å². The summed E-state index contributed by atoms with van der Waals surface area (Å²) in [6.45, 7) is 2.72. The summed E-state index contributed by atoms with van der Waals surface area (Å²) in [5.41, 5.74) is 1.64. The number of benzene rings is 2. The van der Waals surface area contributed by atoms with Crippen molar-refractivity contribution in [1.29, 1.82) is 0 Å². The predicted molar refractivity (Wildman–Crippen MR) is 119 cm³/mol. The number of ether oxygens (including phenoxy) is 2. The normalized spacial score (nSPS) is 11.0. The van der Waals surface area contributed by atoms with Gasteiger partial charge in [0.25, 0.3) is 0 Å². The van der Waals surface area contributed by atoms with Crippen molar-refractivity contribution in [2.45, 2.75) is 6.92 Å². The highest BCUT2D eigenvalue weighted by atomic mass is 32.1. The van der Waals surface area contributed by atoms with Crippen molar-refractivity contribution in [1.82, 2.24) is 9.97 Å². The van der Waals surface area contributed by atoms with Gasteiger partial charge in [0.05, 0.1) is 35.2 Å². The van der Waals surface area contributed by atoms with Crippen LogP contribution in [-0.2, 0) is 4.79 Å². The van der Waals surface area contributed by atoms with Gasteiger partial charge in [-0.15, -0.1) is 0 Å². The van der Waals surface area contributed by atoms with Crippen LogP contribution in [0.25, 0.3) is 20.4 Å². The fourth-order valence-electron chi connectivity index (χ4n) is 2.90. The van der Waals surface area contributed by atoms with E-state index < -0.39 is 0 Å². The van der Waals surface area contributed by atoms with Gasteiger partial charge in [0, 0.05) is 7.05 Å². The number of nitrogens with zero attached hydrogens (tertiary/aromatic N) is 3. The number of rotatable bonds is 7. The van der Waals surface area contributed by atoms with E-state index in [0.717, 1.165) is 37.1 Å². The number of anilines is 2. The van der Waals surface area contributed by atoms with Crippen LogP contribution in [0, 0.1) is 0 Å². The van der Waals surface area contributed by atoms with Crippen molar-refractivity contribution in [3.63, 3.8) is 0 Å². The van der Waals surface area contributed by atoms with Crippen LogP contribution in [0.3, 0.4) is 0 Å². The van der Waals surface area contributed by atoms with Gasteiger partial charge in [0.1, 0.15) is 17.0 Å². The molecule has 1 N–H and O–H groups in total. The third-order valence-electron chi connectivity index (χ3n) is 4.22. The molecular weight excluding hydrogens is 408 g/mol. The summed E-state index contributed by atoms with van der Waals surface area (Å²) in [6, 6.07) is 11.5. The molecule has 2 heterocycles. The molecule has 7 nitrogen and oxygen atoms in total. The molecule has 0 fully saturated rings. The Balaban J connectivity index is 1.46. The van der Waals surface area contributed by atoms with Crippen LogP contribution < -0.4 is 19.7 Å². The molecule has 2 aromatic heterocycles. The number of methoxy groups -OCH3 is 1. The fraction of sp³-hybridized carbons (Fsp3) is 0.250. The first-order chi connectivity index (χ1) is 14.1. The average molecular weight is 429 g/mol. The standard InChI is InChI=1S/C20H20N4O3S2/c1-4-27-12-8-9-13-16(10-12)28-19(21-13)22-17(25)11-24(2)20-23-18-14(26-3)6-5-7-15(18)29-20/h5-10H,4,11H2,1-3H3,(H,21,22,25). The molecule has 0 bridgehead atoms. The Kier molecular flexibility index (Phi) is 5.50. The SMILES string of the molecule is CCOc1ccc2nc(NC(=O)CN(C)c3nc4c(OC)cccc4s3)sc2c1. The number of thiazole rings is 2. The summed E-state index contributed by atoms with van der Waals surface area (Å²) in [4.78, 5) is 23.4. The van der Waals surface area contributed by atoms with E-state index >= 15 is 0 Å². The monoisotopic (exact) mass is 428 g/mol. The number of hydrogen-bond donors (Lipinski definition) is 1. The molecule has 4 aromatic rings. The van der Waals surface area contributed by atoms with Crippen molar-refractivity contribution in [3.05, 3.63) is 36.4 Å². The first kappa shape index (κ1) is 19.4. The molecule has 4 rings (SSSR count). The first-order valence-corrected chi connectivity index (χ1v) is 10.7. The third-order valence-corrected chi connectivity index (χ3v) is 6.28. The van der Waals surface area contributed by atoms with E-state index in [4.69, 9.17) is 9.47 Å². The minimum atomic E-state index is -0.150. The molecule has 0 aliphatic heterocycles. The summed E-state index contributed by atoms with van der Waals surface area (Å²) in [5.74, 6) is 1.37. The Hall–Kier alpha value is -2.91. The Morgan fingerprint density at radius 2 is 2.03 bits per heavy atom. The van der Waals surface area contributed by atoms with Gasteiger partial charge < -0.3 is 19.7 Å². The van der Waals surface area contributed by atoms with Gasteiger partial charge in [-0.2, -0.15) is 0 Å². The summed E-state index contributed by atoms with van der Waals surface area (Å²) in [7, 11) is 3.47. The van der Waals surface area contributed by atoms with E-state index in [1.807, 2.05) is 55.3 Å². The quantitative estimate of drug-likeness (QED) is 0.471. The van der Waals surface area contributed by atoms with E-state index in [1.165, 1.54) is 22.7 Å². The van der Waals surface area contributed by atoms with Crippen LogP contribution in [0.1, 0.15) is 6.92 Å². The Bertz CT molecular complexity index is 1170. The van der Waals surface area contributed by atoms with Crippen LogP contribution in [0.15, 0.2) is 36.4 Å². The lowest BCUT2D eigenvalue weighted by Gasteiger charge is -2.14. The number of fused-ring (bicyclic) bond motifs is 2. The summed E-state index contributed by atoms with van der Waals surface area (Å²) < 4.78 is 12.9. The number of carbonyl (C=O) groups excluding carboxylic acids is 1. The lowest BCUT2D eigenvalue weighted by atomic mass is 10.3. The van der Waals surface area contributed by atoms with Gasteiger partial charge in [-0.25, -0.2) is 9.97 Å². The van der Waals surface area contributed by atoms with Gasteiger partial charge >= 0.3 is 0 Å². The number of aromatic nitrogens is 2. The minimum Gasteiger partial charge on any atom is -0.494 e. The van der Waals surface area contributed by atoms with Crippen molar-refractivity contribution < 1.29 is 14.3 Å². The van der Waals surface area contributed by atoms with Crippen LogP contribution >= 0.6 is 22.7 Å². The van der Waals surface area contributed by atoms with Crippen LogP contribution in [0.2, 0.25) is 0 Å². The maximum Gasteiger partial charge on any atom is 0.245 e. The first-order valence-electron chi connectivity index (χ1n) is 9.05. The maximum absolute atomic E-state index is 12.5. The highest BCUT2D eigenvalue weighted by Crippen LogP contribution is 2.33. The zero-order valence-corrected chi connectivity index (χ0v) is 17.9. The zero-order chi connectivity index (χ0) is 20.4. The Labute approximate surface area is 175 Å². The molecule has 29 heavy (non-hydrogen) atoms. The molecule has 2 aromatic carbocycles. The number of likely N-dealkylation sites (N-methyl/N-ethyl adjacent to an activating group) is 1. The van der Waals surface area contributed by atoms with Gasteiger partial charge in [-0.3, -0.25) is 4.79 Å². The lowest BCUT2D eigenvalue weighted by molar-refractivity contribution is -0.114. The van der Waals surface area contributed by atoms with E-state index in [2.05, 4.69) is 15.3 Å². The molecule has 0 spiro atoms. The molecule has 0 aliphatic carbocycles. The summed E-state index contributed by atoms with van der Waals surface area (Å²) in [5, 5.41) is 4.20. The third kappa shape index (κ3) is 4.10. The van der Waals surface area contributed by atoms with E-state index in [9.17, 15) is 4.79 Å². The molecule has 150 valence electrons. The molecule has 1 amide bonds. The second-order valence-electron chi connectivity index (χ2n) is 6.29. The van der Waals surface area contributed by atoms with Crippen molar-refractivity contribution in [2.75, 3.05) is 37.5 Å². The number of para-hydroxylation sites is 1. The van der Waals surface area contributed by atoms with Crippen LogP contribution in [0.4, 0.5) is 10.3 Å². The van der Waals surface area contributed by atoms with E-state index in [0.29, 0.717) is 11.7 Å². The Morgan fingerprint density at radius 3 is 2.83 bits per heavy atom. The second-order valence-corrected chi connectivity index (χ2v) is 8.33. The number of hydrogen-bond acceptors (Lipinski definition) is 8. The van der Waals surface area contributed by atoms with Gasteiger partial charge in [-0.1, -0.05) is 28.7 Å². The average Bonchev–Trinajstić information content (AvgIpc) is 3.31. The minimum absolute atomic E-state index is 0.150. The topological polar surface area (TPSA) is 76.6 Å². The zero-order valence-electron chi connectivity index (χ0n) is 16.3. The molecule has 0 aliphatic rings. The highest BCUT2D eigenvalue weighted by molar-refractivity contribution is 7.22. The van der Waals surface area contributed by atoms with E-state index in [1.54, 1.807) is 7.11 Å². The smallest absolute Gasteiger partial charge is 0.245 e. The number of nitrogens with one attached hydrogen (secondary N) is 1. The summed E-state index contributed by atoms with van der Waals surface area (Å²) >= 11 is 2.95. The van der Waals surface area contributed by atoms with Gasteiger partial charge in [-0.05, 0) is 37.3 Å². The predicted octanol–water partition coefficient (Wildman–Crippen LogP) is 4.39. The van der Waals surface area contributed by atoms with E-state index in [-0.39, 0.29) is 12.5 Å². The molecule has 0 unspecified atom stereocenters. The maximum atomic E-state index is 12.5. The van der Waals surface area contributed by atoms with Gasteiger partial charge in [0.15, 0.2) is 10.3 Å². The molecule has 0 radical (unpaired) electrons. The molecule has 9 heteroatoms. The molecule has 0 saturated carbocycles. The largest absolute Gasteiger partial charge is 0.494 e. The molecule has 0 saturated heterocycles. The summed E-state index contributed by atoms with van der Waals surface area (Å²) in [6.07, 6.45) is 0. The van der Waals surface area contributed by atoms with Crippen molar-refractivity contribution in [2.24, 2.45) is 0 Å². The number of amides is 1. The van der Waals surface area contributed by atoms with Crippen LogP contribution in [0.5, 0.6) is 11.5 Å².